The summed E-state index contributed by atoms with van der Waals surface area (Å²) in [5.74, 6) is 0.157. The Morgan fingerprint density at radius 2 is 1.89 bits per heavy atom. The number of H-pyrrole nitrogens is 1. The Morgan fingerprint density at radius 1 is 1.26 bits per heavy atom. The molecule has 0 aliphatic heterocycles. The highest BCUT2D eigenvalue weighted by atomic mass is 16.5. The van der Waals surface area contributed by atoms with Gasteiger partial charge in [-0.3, -0.25) is 19.1 Å². The van der Waals surface area contributed by atoms with Gasteiger partial charge in [0.1, 0.15) is 11.6 Å². The van der Waals surface area contributed by atoms with Gasteiger partial charge >= 0.3 is 5.69 Å². The van der Waals surface area contributed by atoms with Crippen molar-refractivity contribution >= 4 is 17.4 Å². The summed E-state index contributed by atoms with van der Waals surface area (Å²) >= 11 is 0. The molecule has 8 heteroatoms. The molecule has 2 rings (SSSR count). The fourth-order valence-corrected chi connectivity index (χ4v) is 2.82. The molecule has 0 bridgehead atoms. The second-order valence-electron chi connectivity index (χ2n) is 6.46. The van der Waals surface area contributed by atoms with E-state index >= 15 is 0 Å². The third kappa shape index (κ3) is 4.39. The second kappa shape index (κ2) is 8.57. The monoisotopic (exact) mass is 374 g/mol. The van der Waals surface area contributed by atoms with E-state index in [1.165, 1.54) is 11.6 Å². The van der Waals surface area contributed by atoms with Crippen LogP contribution in [0.25, 0.3) is 0 Å². The Morgan fingerprint density at radius 3 is 2.48 bits per heavy atom. The van der Waals surface area contributed by atoms with Crippen molar-refractivity contribution in [2.45, 2.75) is 40.2 Å². The zero-order chi connectivity index (χ0) is 20.1. The minimum Gasteiger partial charge on any atom is -0.483 e. The van der Waals surface area contributed by atoms with Crippen molar-refractivity contribution in [2.24, 2.45) is 0 Å². The van der Waals surface area contributed by atoms with E-state index in [1.807, 2.05) is 39.0 Å². The zero-order valence-electron chi connectivity index (χ0n) is 16.2. The number of hydrogen-bond acceptors (Lipinski definition) is 5. The third-order valence-electron chi connectivity index (χ3n) is 4.41. The summed E-state index contributed by atoms with van der Waals surface area (Å²) in [5.41, 5.74) is 6.52. The molecular formula is C19H26N4O4. The number of hydrogen-bond donors (Lipinski definition) is 2. The number of carbonyl (C=O) groups excluding carboxylic acids is 1. The van der Waals surface area contributed by atoms with E-state index in [0.29, 0.717) is 12.3 Å². The van der Waals surface area contributed by atoms with Crippen molar-refractivity contribution in [3.63, 3.8) is 0 Å². The number of ether oxygens (including phenoxy) is 1. The molecule has 0 aliphatic carbocycles. The molecule has 0 aliphatic rings. The minimum atomic E-state index is -0.701. The molecule has 146 valence electrons. The average Bonchev–Trinajstić information content (AvgIpc) is 2.60. The molecule has 0 radical (unpaired) electrons. The Labute approximate surface area is 157 Å². The van der Waals surface area contributed by atoms with Crippen LogP contribution in [-0.2, 0) is 11.3 Å². The fraction of sp³-hybridized carbons (Fsp3) is 0.421. The van der Waals surface area contributed by atoms with Crippen molar-refractivity contribution in [1.29, 1.82) is 0 Å². The van der Waals surface area contributed by atoms with E-state index in [9.17, 15) is 14.4 Å². The Bertz CT molecular complexity index is 925. The second-order valence-corrected chi connectivity index (χ2v) is 6.46. The van der Waals surface area contributed by atoms with Crippen molar-refractivity contribution in [3.8, 4) is 5.75 Å². The zero-order valence-corrected chi connectivity index (χ0v) is 16.2. The van der Waals surface area contributed by atoms with Crippen LogP contribution in [0, 0.1) is 13.8 Å². The van der Waals surface area contributed by atoms with Gasteiger partial charge in [0, 0.05) is 13.6 Å². The SMILES string of the molecule is CCCCn1c(N)c(N(C)C(=O)COc2c(C)cccc2C)c(=O)[nH]c1=O. The van der Waals surface area contributed by atoms with Crippen molar-refractivity contribution < 1.29 is 9.53 Å². The number of nitrogens with two attached hydrogens (primary N) is 1. The van der Waals surface area contributed by atoms with Crippen molar-refractivity contribution in [3.05, 3.63) is 50.2 Å². The predicted molar refractivity (Wildman–Crippen MR) is 105 cm³/mol. The molecule has 1 aromatic heterocycles. The lowest BCUT2D eigenvalue weighted by molar-refractivity contribution is -0.120. The highest BCUT2D eigenvalue weighted by molar-refractivity contribution is 5.96. The van der Waals surface area contributed by atoms with Gasteiger partial charge in [0.25, 0.3) is 11.5 Å². The molecule has 3 N–H and O–H groups in total. The maximum atomic E-state index is 12.6. The van der Waals surface area contributed by atoms with Crippen molar-refractivity contribution in [2.75, 3.05) is 24.3 Å². The number of rotatable bonds is 7. The fourth-order valence-electron chi connectivity index (χ4n) is 2.82. The number of aromatic nitrogens is 2. The van der Waals surface area contributed by atoms with E-state index < -0.39 is 17.2 Å². The molecule has 0 spiro atoms. The number of anilines is 2. The number of likely N-dealkylation sites (N-methyl/N-ethyl adjacent to an activating group) is 1. The van der Waals surface area contributed by atoms with E-state index in [4.69, 9.17) is 10.5 Å². The standard InChI is InChI=1S/C19H26N4O4/c1-5-6-10-23-17(20)15(18(25)21-19(23)26)22(4)14(24)11-27-16-12(2)8-7-9-13(16)3/h7-9H,5-6,10-11,20H2,1-4H3,(H,21,25,26). The average molecular weight is 374 g/mol. The molecule has 1 aromatic carbocycles. The molecule has 27 heavy (non-hydrogen) atoms. The van der Waals surface area contributed by atoms with Gasteiger partial charge in [-0.15, -0.1) is 0 Å². The Kier molecular flexibility index (Phi) is 6.44. The normalized spacial score (nSPS) is 10.7. The van der Waals surface area contributed by atoms with Crippen LogP contribution >= 0.6 is 0 Å². The largest absolute Gasteiger partial charge is 0.483 e. The summed E-state index contributed by atoms with van der Waals surface area (Å²) in [5, 5.41) is 0. The number of benzene rings is 1. The van der Waals surface area contributed by atoms with Crippen LogP contribution in [0.3, 0.4) is 0 Å². The third-order valence-corrected chi connectivity index (χ3v) is 4.41. The van der Waals surface area contributed by atoms with Gasteiger partial charge in [0.05, 0.1) is 0 Å². The molecule has 0 fully saturated rings. The van der Waals surface area contributed by atoms with Crippen LogP contribution in [-0.4, -0.2) is 29.1 Å². The van der Waals surface area contributed by atoms with Crippen LogP contribution in [0.2, 0.25) is 0 Å². The molecule has 0 saturated carbocycles. The summed E-state index contributed by atoms with van der Waals surface area (Å²) in [7, 11) is 1.44. The molecule has 8 nitrogen and oxygen atoms in total. The van der Waals surface area contributed by atoms with Crippen LogP contribution < -0.4 is 26.6 Å². The first-order chi connectivity index (χ1) is 12.8. The molecular weight excluding hydrogens is 348 g/mol. The first-order valence-electron chi connectivity index (χ1n) is 8.86. The molecule has 1 heterocycles. The van der Waals surface area contributed by atoms with Crippen LogP contribution in [0.5, 0.6) is 5.75 Å². The van der Waals surface area contributed by atoms with E-state index in [-0.39, 0.29) is 18.1 Å². The van der Waals surface area contributed by atoms with Gasteiger partial charge in [-0.1, -0.05) is 31.5 Å². The summed E-state index contributed by atoms with van der Waals surface area (Å²) in [6.45, 7) is 5.88. The molecule has 1 amide bonds. The number of nitrogens with one attached hydrogen (secondary N) is 1. The first kappa shape index (κ1) is 20.3. The molecule has 0 unspecified atom stereocenters. The van der Waals surface area contributed by atoms with Crippen LogP contribution in [0.15, 0.2) is 27.8 Å². The van der Waals surface area contributed by atoms with Crippen LogP contribution in [0.4, 0.5) is 11.5 Å². The van der Waals surface area contributed by atoms with Gasteiger partial charge in [-0.2, -0.15) is 0 Å². The van der Waals surface area contributed by atoms with Gasteiger partial charge < -0.3 is 15.4 Å². The lowest BCUT2D eigenvalue weighted by atomic mass is 10.1. The lowest BCUT2D eigenvalue weighted by Crippen LogP contribution is -2.40. The van der Waals surface area contributed by atoms with Crippen molar-refractivity contribution in [1.82, 2.24) is 9.55 Å². The number of amides is 1. The lowest BCUT2D eigenvalue weighted by Gasteiger charge is -2.21. The van der Waals surface area contributed by atoms with E-state index in [2.05, 4.69) is 4.98 Å². The Hall–Kier alpha value is -3.03. The highest BCUT2D eigenvalue weighted by Gasteiger charge is 2.21. The van der Waals surface area contributed by atoms with Gasteiger partial charge in [-0.05, 0) is 31.4 Å². The number of aromatic amines is 1. The summed E-state index contributed by atoms with van der Waals surface area (Å²) in [6.07, 6.45) is 1.58. The Balaban J connectivity index is 2.26. The van der Waals surface area contributed by atoms with Gasteiger partial charge in [0.15, 0.2) is 12.3 Å². The minimum absolute atomic E-state index is 0.0277. The highest BCUT2D eigenvalue weighted by Crippen LogP contribution is 2.22. The molecule has 2 aromatic rings. The van der Waals surface area contributed by atoms with E-state index in [0.717, 1.165) is 28.9 Å². The topological polar surface area (TPSA) is 110 Å². The predicted octanol–water partition coefficient (Wildman–Crippen LogP) is 1.58. The summed E-state index contributed by atoms with van der Waals surface area (Å²) in [4.78, 5) is 40.1. The maximum Gasteiger partial charge on any atom is 0.330 e. The number of nitrogen functional groups attached to an aromatic ring is 1. The summed E-state index contributed by atoms with van der Waals surface area (Å²) < 4.78 is 6.93. The number of para-hydroxylation sites is 1. The number of nitrogens with zero attached hydrogens (tertiary/aromatic N) is 2. The molecule has 0 saturated heterocycles. The van der Waals surface area contributed by atoms with Crippen LogP contribution in [0.1, 0.15) is 30.9 Å². The first-order valence-corrected chi connectivity index (χ1v) is 8.86. The van der Waals surface area contributed by atoms with Gasteiger partial charge in [-0.25, -0.2) is 4.79 Å². The van der Waals surface area contributed by atoms with E-state index in [1.54, 1.807) is 0 Å². The van der Waals surface area contributed by atoms with Gasteiger partial charge in [0.2, 0.25) is 0 Å². The quantitative estimate of drug-likeness (QED) is 0.764. The smallest absolute Gasteiger partial charge is 0.330 e. The molecule has 0 atom stereocenters. The number of aryl methyl sites for hydroxylation is 2. The summed E-state index contributed by atoms with van der Waals surface area (Å²) in [6, 6.07) is 5.69. The number of unbranched alkanes of at least 4 members (excludes halogenated alkanes) is 1. The maximum absolute atomic E-state index is 12.6. The number of carbonyl (C=O) groups is 1.